The molecular weight excluding hydrogens is 648 g/mol. The Kier molecular flexibility index (Phi) is 9.67. The van der Waals surface area contributed by atoms with Crippen LogP contribution in [0.25, 0.3) is 33.4 Å². The van der Waals surface area contributed by atoms with Gasteiger partial charge in [0.1, 0.15) is 23.8 Å². The molecule has 8 nitrogen and oxygen atoms in total. The van der Waals surface area contributed by atoms with Gasteiger partial charge in [0.05, 0.1) is 30.1 Å². The average Bonchev–Trinajstić information content (AvgIpc) is 3.48. The molecule has 1 fully saturated rings. The van der Waals surface area contributed by atoms with Crippen molar-refractivity contribution in [3.05, 3.63) is 114 Å². The molecule has 0 saturated carbocycles. The largest absolute Gasteiger partial charge is 0.455 e. The van der Waals surface area contributed by atoms with Crippen molar-refractivity contribution < 1.29 is 31.2 Å². The van der Waals surface area contributed by atoms with Crippen molar-refractivity contribution in [1.82, 2.24) is 9.80 Å². The molecule has 1 aromatic heterocycles. The van der Waals surface area contributed by atoms with Gasteiger partial charge < -0.3 is 14.2 Å². The third-order valence-corrected chi connectivity index (χ3v) is 10.1. The van der Waals surface area contributed by atoms with E-state index in [1.165, 1.54) is 30.3 Å². The topological polar surface area (TPSA) is 91.1 Å². The maximum absolute atomic E-state index is 14.2. The van der Waals surface area contributed by atoms with Crippen molar-refractivity contribution in [1.29, 1.82) is 0 Å². The Hall–Kier alpha value is -4.87. The fourth-order valence-electron chi connectivity index (χ4n) is 6.48. The predicted octanol–water partition coefficient (Wildman–Crippen LogP) is 7.36. The van der Waals surface area contributed by atoms with E-state index in [9.17, 15) is 26.8 Å². The number of halogens is 2. The van der Waals surface area contributed by atoms with Gasteiger partial charge in [-0.2, -0.15) is 0 Å². The normalized spacial score (nSPS) is 15.4. The number of piperazine rings is 1. The van der Waals surface area contributed by atoms with Crippen molar-refractivity contribution >= 4 is 38.4 Å². The minimum absolute atomic E-state index is 0.133. The molecule has 1 saturated heterocycles. The number of likely N-dealkylation sites (N-methyl/N-ethyl adjacent to an activating group) is 1. The highest BCUT2D eigenvalue weighted by atomic mass is 32.2. The fraction of sp³-hybridized carbons (Fsp3) is 0.263. The van der Waals surface area contributed by atoms with Crippen LogP contribution in [0, 0.1) is 5.82 Å². The summed E-state index contributed by atoms with van der Waals surface area (Å²) in [6, 6.07) is 25.2. The highest BCUT2D eigenvalue weighted by Crippen LogP contribution is 2.42. The summed E-state index contributed by atoms with van der Waals surface area (Å²) in [5.74, 6) is -0.651. The molecule has 0 aliphatic carbocycles. The van der Waals surface area contributed by atoms with Crippen molar-refractivity contribution in [2.45, 2.75) is 19.4 Å². The Morgan fingerprint density at radius 2 is 1.67 bits per heavy atom. The van der Waals surface area contributed by atoms with Gasteiger partial charge in [0.2, 0.25) is 10.0 Å². The number of alkyl halides is 1. The average molecular weight is 686 g/mol. The lowest BCUT2D eigenvalue weighted by atomic mass is 9.95. The molecule has 5 aromatic rings. The van der Waals surface area contributed by atoms with E-state index in [0.717, 1.165) is 16.1 Å². The van der Waals surface area contributed by atoms with Crippen LogP contribution in [0.15, 0.2) is 95.4 Å². The zero-order chi connectivity index (χ0) is 34.9. The number of hydrogen-bond acceptors (Lipinski definition) is 6. The van der Waals surface area contributed by atoms with Gasteiger partial charge in [-0.1, -0.05) is 49.4 Å². The van der Waals surface area contributed by atoms with Gasteiger partial charge in [0.15, 0.2) is 5.78 Å². The van der Waals surface area contributed by atoms with Crippen LogP contribution in [0.4, 0.5) is 14.5 Å². The maximum atomic E-state index is 14.2. The summed E-state index contributed by atoms with van der Waals surface area (Å²) in [7, 11) is -1.96. The van der Waals surface area contributed by atoms with Crippen molar-refractivity contribution in [2.75, 3.05) is 50.5 Å². The zero-order valence-electron chi connectivity index (χ0n) is 27.5. The number of ketones is 1. The Bertz CT molecular complexity index is 2120. The van der Waals surface area contributed by atoms with Gasteiger partial charge in [-0.3, -0.25) is 13.9 Å². The summed E-state index contributed by atoms with van der Waals surface area (Å²) in [5, 5.41) is 0.415. The van der Waals surface area contributed by atoms with Crippen LogP contribution in [-0.2, 0) is 10.0 Å². The molecule has 4 aromatic carbocycles. The number of anilines is 1. The minimum Gasteiger partial charge on any atom is -0.455 e. The SMILES string of the molecule is CCC(=O)c1c(-c2ccc(F)cc2)oc2cc(N(CCF)S(C)(=O)=O)c(-c3cccc(C(=O)N4CCN(C)CC4c4ccccc4)c3)cc12. The lowest BCUT2D eigenvalue weighted by molar-refractivity contribution is 0.0498. The highest BCUT2D eigenvalue weighted by Gasteiger charge is 2.32. The minimum atomic E-state index is -3.98. The number of hydrogen-bond donors (Lipinski definition) is 0. The van der Waals surface area contributed by atoms with Gasteiger partial charge in [0.25, 0.3) is 5.91 Å². The van der Waals surface area contributed by atoms with Crippen LogP contribution < -0.4 is 4.31 Å². The van der Waals surface area contributed by atoms with Crippen LogP contribution in [0.2, 0.25) is 0 Å². The maximum Gasteiger partial charge on any atom is 0.254 e. The summed E-state index contributed by atoms with van der Waals surface area (Å²) < 4.78 is 61.0. The Labute approximate surface area is 284 Å². The second-order valence-electron chi connectivity index (χ2n) is 12.2. The van der Waals surface area contributed by atoms with E-state index < -0.39 is 29.1 Å². The number of benzene rings is 4. The van der Waals surface area contributed by atoms with Crippen LogP contribution >= 0.6 is 0 Å². The molecule has 11 heteroatoms. The van der Waals surface area contributed by atoms with Gasteiger partial charge in [0, 0.05) is 54.2 Å². The molecule has 1 aliphatic rings. The third-order valence-electron chi connectivity index (χ3n) is 8.92. The summed E-state index contributed by atoms with van der Waals surface area (Å²) in [6.07, 6.45) is 1.14. The van der Waals surface area contributed by atoms with E-state index in [1.807, 2.05) is 42.3 Å². The molecule has 1 aliphatic heterocycles. The molecule has 6 rings (SSSR count). The van der Waals surface area contributed by atoms with E-state index >= 15 is 0 Å². The molecule has 254 valence electrons. The molecule has 1 unspecified atom stereocenters. The molecular formula is C38H37F2N3O5S. The van der Waals surface area contributed by atoms with E-state index in [4.69, 9.17) is 4.42 Å². The quantitative estimate of drug-likeness (QED) is 0.143. The first-order valence-electron chi connectivity index (χ1n) is 16.1. The number of nitrogens with zero attached hydrogens (tertiary/aromatic N) is 3. The van der Waals surface area contributed by atoms with E-state index in [-0.39, 0.29) is 46.7 Å². The second kappa shape index (κ2) is 13.9. The number of fused-ring (bicyclic) bond motifs is 1. The van der Waals surface area contributed by atoms with Crippen LogP contribution in [0.1, 0.15) is 45.7 Å². The van der Waals surface area contributed by atoms with Crippen molar-refractivity contribution in [3.8, 4) is 22.5 Å². The summed E-state index contributed by atoms with van der Waals surface area (Å²) in [6.45, 7) is 2.18. The Morgan fingerprint density at radius 3 is 2.35 bits per heavy atom. The van der Waals surface area contributed by atoms with Crippen molar-refractivity contribution in [2.24, 2.45) is 0 Å². The number of rotatable bonds is 10. The van der Waals surface area contributed by atoms with Gasteiger partial charge in [-0.15, -0.1) is 0 Å². The van der Waals surface area contributed by atoms with Gasteiger partial charge >= 0.3 is 0 Å². The molecule has 0 N–H and O–H groups in total. The zero-order valence-corrected chi connectivity index (χ0v) is 28.3. The number of sulfonamides is 1. The third kappa shape index (κ3) is 6.86. The second-order valence-corrected chi connectivity index (χ2v) is 14.2. The molecule has 1 atom stereocenters. The number of furan rings is 1. The van der Waals surface area contributed by atoms with Crippen LogP contribution in [0.5, 0.6) is 0 Å². The summed E-state index contributed by atoms with van der Waals surface area (Å²) >= 11 is 0. The van der Waals surface area contributed by atoms with E-state index in [1.54, 1.807) is 37.3 Å². The molecule has 0 spiro atoms. The Morgan fingerprint density at radius 1 is 0.939 bits per heavy atom. The number of carbonyl (C=O) groups is 2. The van der Waals surface area contributed by atoms with Gasteiger partial charge in [-0.25, -0.2) is 17.2 Å². The number of amides is 1. The van der Waals surface area contributed by atoms with E-state index in [0.29, 0.717) is 47.3 Å². The molecule has 1 amide bonds. The molecule has 0 bridgehead atoms. The number of carbonyl (C=O) groups excluding carboxylic acids is 2. The Balaban J connectivity index is 1.53. The number of Topliss-reactive ketones (excluding diaryl/α,β-unsaturated/α-hetero) is 1. The fourth-order valence-corrected chi connectivity index (χ4v) is 7.39. The molecule has 2 heterocycles. The first-order chi connectivity index (χ1) is 23.5. The van der Waals surface area contributed by atoms with Gasteiger partial charge in [-0.05, 0) is 60.6 Å². The monoisotopic (exact) mass is 685 g/mol. The standard InChI is InChI=1S/C38H37F2N3O5S/c1-4-34(44)36-31-22-30(32(43(18-17-39)49(3,46)47)23-35(31)48-37(36)26-13-15-29(40)16-14-26)27-11-8-12-28(21-27)38(45)42-20-19-41(2)24-33(42)25-9-6-5-7-10-25/h5-16,21-23,33H,4,17-20,24H2,1-3H3. The molecule has 0 radical (unpaired) electrons. The van der Waals surface area contributed by atoms with Crippen molar-refractivity contribution in [3.63, 3.8) is 0 Å². The van der Waals surface area contributed by atoms with E-state index in [2.05, 4.69) is 4.90 Å². The van der Waals surface area contributed by atoms with Crippen LogP contribution in [-0.4, -0.2) is 76.1 Å². The highest BCUT2D eigenvalue weighted by molar-refractivity contribution is 7.92. The summed E-state index contributed by atoms with van der Waals surface area (Å²) in [4.78, 5) is 31.7. The summed E-state index contributed by atoms with van der Waals surface area (Å²) in [5.41, 5.74) is 3.36. The lowest BCUT2D eigenvalue weighted by Gasteiger charge is -2.40. The lowest BCUT2D eigenvalue weighted by Crippen LogP contribution is -2.49. The molecule has 49 heavy (non-hydrogen) atoms. The first kappa shape index (κ1) is 34.0. The first-order valence-corrected chi connectivity index (χ1v) is 17.9. The predicted molar refractivity (Wildman–Crippen MR) is 188 cm³/mol. The smallest absolute Gasteiger partial charge is 0.254 e. The van der Waals surface area contributed by atoms with Crippen LogP contribution in [0.3, 0.4) is 0 Å².